The summed E-state index contributed by atoms with van der Waals surface area (Å²) in [7, 11) is 5.20. The van der Waals surface area contributed by atoms with Crippen LogP contribution in [0.3, 0.4) is 0 Å². The normalized spacial score (nSPS) is 38.6. The standard InChI is InChI=1S/C11H21O3/c1-5-8-6-7-9(12-2)11(14-4)10(8)13-3/h5,8-11H,6-7H2,1-4H3. The Morgan fingerprint density at radius 1 is 0.929 bits per heavy atom. The van der Waals surface area contributed by atoms with Crippen LogP contribution < -0.4 is 0 Å². The Kier molecular flexibility index (Phi) is 4.85. The monoisotopic (exact) mass is 201 g/mol. The fourth-order valence-electron chi connectivity index (χ4n) is 2.34. The zero-order chi connectivity index (χ0) is 10.6. The summed E-state index contributed by atoms with van der Waals surface area (Å²) in [6.07, 6.45) is 4.72. The van der Waals surface area contributed by atoms with Crippen molar-refractivity contribution in [3.05, 3.63) is 6.42 Å². The van der Waals surface area contributed by atoms with Crippen LogP contribution in [0.15, 0.2) is 0 Å². The summed E-state index contributed by atoms with van der Waals surface area (Å²) in [6, 6.07) is 0. The second-order valence-electron chi connectivity index (χ2n) is 3.75. The molecule has 1 saturated carbocycles. The van der Waals surface area contributed by atoms with Crippen molar-refractivity contribution >= 4 is 0 Å². The number of ether oxygens (including phenoxy) is 3. The van der Waals surface area contributed by atoms with Crippen LogP contribution in [0.5, 0.6) is 0 Å². The Bertz CT molecular complexity index is 143. The average molecular weight is 201 g/mol. The molecule has 83 valence electrons. The molecule has 1 radical (unpaired) electrons. The lowest BCUT2D eigenvalue weighted by atomic mass is 9.81. The van der Waals surface area contributed by atoms with Gasteiger partial charge in [-0.15, -0.1) is 0 Å². The molecule has 0 spiro atoms. The van der Waals surface area contributed by atoms with Gasteiger partial charge in [-0.1, -0.05) is 6.92 Å². The van der Waals surface area contributed by atoms with Crippen LogP contribution in [0.4, 0.5) is 0 Å². The van der Waals surface area contributed by atoms with Crippen LogP contribution in [0, 0.1) is 12.3 Å². The van der Waals surface area contributed by atoms with Gasteiger partial charge < -0.3 is 14.2 Å². The van der Waals surface area contributed by atoms with Crippen LogP contribution in [-0.4, -0.2) is 39.6 Å². The Hall–Kier alpha value is -0.120. The molecule has 0 amide bonds. The highest BCUT2D eigenvalue weighted by Crippen LogP contribution is 2.31. The summed E-state index contributed by atoms with van der Waals surface area (Å²) in [6.45, 7) is 2.08. The molecule has 1 rings (SSSR count). The molecule has 0 bridgehead atoms. The third kappa shape index (κ3) is 2.27. The number of hydrogen-bond donors (Lipinski definition) is 0. The van der Waals surface area contributed by atoms with E-state index in [1.165, 1.54) is 0 Å². The lowest BCUT2D eigenvalue weighted by Gasteiger charge is -2.40. The minimum Gasteiger partial charge on any atom is -0.379 e. The lowest BCUT2D eigenvalue weighted by molar-refractivity contribution is -0.144. The van der Waals surface area contributed by atoms with Crippen molar-refractivity contribution < 1.29 is 14.2 Å². The summed E-state index contributed by atoms with van der Waals surface area (Å²) in [5.74, 6) is 0.483. The zero-order valence-electron chi connectivity index (χ0n) is 9.53. The van der Waals surface area contributed by atoms with Gasteiger partial charge in [-0.25, -0.2) is 0 Å². The molecule has 0 aromatic carbocycles. The van der Waals surface area contributed by atoms with Gasteiger partial charge in [0, 0.05) is 21.3 Å². The highest BCUT2D eigenvalue weighted by molar-refractivity contribution is 4.94. The second kappa shape index (κ2) is 5.69. The topological polar surface area (TPSA) is 27.7 Å². The highest BCUT2D eigenvalue weighted by atomic mass is 16.6. The Labute approximate surface area is 86.7 Å². The number of methoxy groups -OCH3 is 3. The van der Waals surface area contributed by atoms with E-state index in [1.54, 1.807) is 21.3 Å². The van der Waals surface area contributed by atoms with Crippen molar-refractivity contribution in [3.8, 4) is 0 Å². The predicted molar refractivity (Wildman–Crippen MR) is 55.1 cm³/mol. The first kappa shape index (κ1) is 12.0. The molecule has 4 unspecified atom stereocenters. The van der Waals surface area contributed by atoms with Gasteiger partial charge in [-0.2, -0.15) is 0 Å². The molecule has 3 nitrogen and oxygen atoms in total. The van der Waals surface area contributed by atoms with Crippen molar-refractivity contribution in [3.63, 3.8) is 0 Å². The van der Waals surface area contributed by atoms with Gasteiger partial charge in [-0.3, -0.25) is 0 Å². The summed E-state index contributed by atoms with van der Waals surface area (Å²) >= 11 is 0. The quantitative estimate of drug-likeness (QED) is 0.692. The van der Waals surface area contributed by atoms with Gasteiger partial charge in [-0.05, 0) is 25.2 Å². The minimum atomic E-state index is 0.0555. The van der Waals surface area contributed by atoms with Gasteiger partial charge >= 0.3 is 0 Å². The lowest BCUT2D eigenvalue weighted by Crippen LogP contribution is -2.49. The molecular formula is C11H21O3. The first-order chi connectivity index (χ1) is 6.78. The second-order valence-corrected chi connectivity index (χ2v) is 3.75. The molecule has 0 aromatic heterocycles. The van der Waals surface area contributed by atoms with E-state index in [2.05, 4.69) is 13.3 Å². The molecule has 0 aliphatic heterocycles. The molecule has 0 heterocycles. The fraction of sp³-hybridized carbons (Fsp3) is 0.909. The van der Waals surface area contributed by atoms with E-state index < -0.39 is 0 Å². The zero-order valence-corrected chi connectivity index (χ0v) is 9.53. The largest absolute Gasteiger partial charge is 0.379 e. The van der Waals surface area contributed by atoms with E-state index in [4.69, 9.17) is 14.2 Å². The van der Waals surface area contributed by atoms with Gasteiger partial charge in [0.05, 0.1) is 12.2 Å². The van der Waals surface area contributed by atoms with E-state index in [0.717, 1.165) is 12.8 Å². The first-order valence-electron chi connectivity index (χ1n) is 5.16. The van der Waals surface area contributed by atoms with E-state index >= 15 is 0 Å². The molecular weight excluding hydrogens is 180 g/mol. The maximum Gasteiger partial charge on any atom is 0.110 e. The smallest absolute Gasteiger partial charge is 0.110 e. The number of hydrogen-bond acceptors (Lipinski definition) is 3. The van der Waals surface area contributed by atoms with Crippen molar-refractivity contribution in [2.75, 3.05) is 21.3 Å². The molecule has 0 N–H and O–H groups in total. The van der Waals surface area contributed by atoms with Gasteiger partial charge in [0.1, 0.15) is 6.10 Å². The summed E-state index contributed by atoms with van der Waals surface area (Å²) in [5.41, 5.74) is 0. The first-order valence-corrected chi connectivity index (χ1v) is 5.16. The van der Waals surface area contributed by atoms with Crippen LogP contribution >= 0.6 is 0 Å². The summed E-state index contributed by atoms with van der Waals surface area (Å²) < 4.78 is 16.4. The van der Waals surface area contributed by atoms with E-state index in [-0.39, 0.29) is 18.3 Å². The Morgan fingerprint density at radius 2 is 1.57 bits per heavy atom. The molecule has 14 heavy (non-hydrogen) atoms. The summed E-state index contributed by atoms with van der Waals surface area (Å²) in [4.78, 5) is 0. The van der Waals surface area contributed by atoms with E-state index in [9.17, 15) is 0 Å². The van der Waals surface area contributed by atoms with Crippen molar-refractivity contribution in [2.45, 2.75) is 38.1 Å². The maximum absolute atomic E-state index is 5.49. The highest BCUT2D eigenvalue weighted by Gasteiger charge is 2.39. The molecule has 3 heteroatoms. The molecule has 1 fully saturated rings. The van der Waals surface area contributed by atoms with Gasteiger partial charge in [0.2, 0.25) is 0 Å². The van der Waals surface area contributed by atoms with Crippen LogP contribution in [0.25, 0.3) is 0 Å². The predicted octanol–water partition coefficient (Wildman–Crippen LogP) is 1.67. The van der Waals surface area contributed by atoms with Crippen molar-refractivity contribution in [2.24, 2.45) is 5.92 Å². The third-order valence-electron chi connectivity index (χ3n) is 3.17. The number of rotatable bonds is 4. The molecule has 0 aromatic rings. The fourth-order valence-corrected chi connectivity index (χ4v) is 2.34. The van der Waals surface area contributed by atoms with Crippen LogP contribution in [-0.2, 0) is 14.2 Å². The van der Waals surface area contributed by atoms with E-state index in [1.807, 2.05) is 0 Å². The average Bonchev–Trinajstić information content (AvgIpc) is 2.26. The Balaban J connectivity index is 2.67. The van der Waals surface area contributed by atoms with Gasteiger partial charge in [0.25, 0.3) is 0 Å². The SMILES string of the molecule is C[CH]C1CCC(OC)C(OC)C1OC. The van der Waals surface area contributed by atoms with Crippen molar-refractivity contribution in [1.29, 1.82) is 0 Å². The Morgan fingerprint density at radius 3 is 2.00 bits per heavy atom. The van der Waals surface area contributed by atoms with E-state index in [0.29, 0.717) is 5.92 Å². The van der Waals surface area contributed by atoms with Crippen LogP contribution in [0.1, 0.15) is 19.8 Å². The van der Waals surface area contributed by atoms with Crippen molar-refractivity contribution in [1.82, 2.24) is 0 Å². The molecule has 4 atom stereocenters. The maximum atomic E-state index is 5.49. The summed E-state index contributed by atoms with van der Waals surface area (Å²) in [5, 5.41) is 0. The third-order valence-corrected chi connectivity index (χ3v) is 3.17. The van der Waals surface area contributed by atoms with Crippen LogP contribution in [0.2, 0.25) is 0 Å². The minimum absolute atomic E-state index is 0.0555. The van der Waals surface area contributed by atoms with Gasteiger partial charge in [0.15, 0.2) is 0 Å². The molecule has 1 aliphatic carbocycles. The molecule has 0 saturated heterocycles. The molecule has 1 aliphatic rings.